The number of fused-ring (bicyclic) bond motifs is 1. The van der Waals surface area contributed by atoms with Crippen molar-refractivity contribution in [2.24, 2.45) is 5.16 Å². The van der Waals surface area contributed by atoms with Gasteiger partial charge in [0.15, 0.2) is 0 Å². The number of hydrogen-bond donors (Lipinski definition) is 1. The highest BCUT2D eigenvalue weighted by atomic mass is 16.6. The summed E-state index contributed by atoms with van der Waals surface area (Å²) >= 11 is 0. The summed E-state index contributed by atoms with van der Waals surface area (Å²) in [7, 11) is 1.57. The van der Waals surface area contributed by atoms with E-state index in [2.05, 4.69) is 5.16 Å². The number of nitrogens with zero attached hydrogens (tertiary/aromatic N) is 2. The maximum atomic E-state index is 8.47. The molecule has 1 heterocycles. The SMILES string of the molecule is COn1c(/C=N/O)cc2ccccc21. The molecule has 4 nitrogen and oxygen atoms in total. The van der Waals surface area contributed by atoms with Gasteiger partial charge < -0.3 is 10.0 Å². The van der Waals surface area contributed by atoms with E-state index in [1.54, 1.807) is 11.8 Å². The van der Waals surface area contributed by atoms with Crippen LogP contribution >= 0.6 is 0 Å². The normalized spacial score (nSPS) is 11.2. The lowest BCUT2D eigenvalue weighted by atomic mass is 10.2. The molecule has 0 saturated heterocycles. The van der Waals surface area contributed by atoms with E-state index in [0.717, 1.165) is 10.9 Å². The van der Waals surface area contributed by atoms with Crippen LogP contribution in [0, 0.1) is 0 Å². The largest absolute Gasteiger partial charge is 0.416 e. The Bertz CT molecular complexity index is 474. The van der Waals surface area contributed by atoms with Crippen LogP contribution < -0.4 is 4.84 Å². The fourth-order valence-corrected chi connectivity index (χ4v) is 1.50. The van der Waals surface area contributed by atoms with Gasteiger partial charge in [-0.05, 0) is 12.1 Å². The summed E-state index contributed by atoms with van der Waals surface area (Å²) in [5, 5.41) is 12.5. The zero-order valence-corrected chi connectivity index (χ0v) is 7.71. The number of benzene rings is 1. The van der Waals surface area contributed by atoms with E-state index in [1.165, 1.54) is 6.21 Å². The van der Waals surface area contributed by atoms with E-state index in [0.29, 0.717) is 5.69 Å². The van der Waals surface area contributed by atoms with Crippen LogP contribution in [0.2, 0.25) is 0 Å². The third-order valence-electron chi connectivity index (χ3n) is 2.07. The molecule has 0 radical (unpaired) electrons. The van der Waals surface area contributed by atoms with Crippen LogP contribution in [-0.4, -0.2) is 23.3 Å². The topological polar surface area (TPSA) is 46.8 Å². The van der Waals surface area contributed by atoms with Gasteiger partial charge in [0.05, 0.1) is 11.7 Å². The molecule has 14 heavy (non-hydrogen) atoms. The molecule has 0 amide bonds. The van der Waals surface area contributed by atoms with Crippen molar-refractivity contribution in [3.63, 3.8) is 0 Å². The molecule has 1 aromatic heterocycles. The van der Waals surface area contributed by atoms with Gasteiger partial charge in [0.1, 0.15) is 12.8 Å². The molecule has 0 fully saturated rings. The average molecular weight is 190 g/mol. The highest BCUT2D eigenvalue weighted by molar-refractivity contribution is 5.89. The number of hydrogen-bond acceptors (Lipinski definition) is 3. The minimum absolute atomic E-state index is 0.705. The number of oxime groups is 1. The molecule has 0 aliphatic heterocycles. The fourth-order valence-electron chi connectivity index (χ4n) is 1.50. The van der Waals surface area contributed by atoms with Gasteiger partial charge in [0.2, 0.25) is 0 Å². The van der Waals surface area contributed by atoms with Crippen LogP contribution in [0.4, 0.5) is 0 Å². The van der Waals surface area contributed by atoms with Crippen molar-refractivity contribution in [1.82, 2.24) is 4.73 Å². The van der Waals surface area contributed by atoms with E-state index in [4.69, 9.17) is 10.0 Å². The van der Waals surface area contributed by atoms with Crippen LogP contribution in [0.25, 0.3) is 10.9 Å². The lowest BCUT2D eigenvalue weighted by molar-refractivity contribution is 0.177. The van der Waals surface area contributed by atoms with Gasteiger partial charge in [-0.25, -0.2) is 0 Å². The van der Waals surface area contributed by atoms with Gasteiger partial charge in [-0.3, -0.25) is 0 Å². The zero-order valence-electron chi connectivity index (χ0n) is 7.71. The van der Waals surface area contributed by atoms with Gasteiger partial charge in [-0.2, -0.15) is 4.73 Å². The van der Waals surface area contributed by atoms with Crippen molar-refractivity contribution in [1.29, 1.82) is 0 Å². The van der Waals surface area contributed by atoms with E-state index in [9.17, 15) is 0 Å². The van der Waals surface area contributed by atoms with Crippen LogP contribution in [0.3, 0.4) is 0 Å². The van der Waals surface area contributed by atoms with Crippen LogP contribution in [0.15, 0.2) is 35.5 Å². The van der Waals surface area contributed by atoms with Gasteiger partial charge in [0, 0.05) is 5.39 Å². The Kier molecular flexibility index (Phi) is 2.10. The first-order chi connectivity index (χ1) is 6.86. The first kappa shape index (κ1) is 8.62. The van der Waals surface area contributed by atoms with Crippen LogP contribution in [0.1, 0.15) is 5.69 Å². The molecule has 0 spiro atoms. The second-order valence-electron chi connectivity index (χ2n) is 2.85. The highest BCUT2D eigenvalue weighted by Gasteiger charge is 2.05. The predicted molar refractivity (Wildman–Crippen MR) is 53.8 cm³/mol. The summed E-state index contributed by atoms with van der Waals surface area (Å²) in [6, 6.07) is 9.67. The lowest BCUT2D eigenvalue weighted by Gasteiger charge is -2.03. The fraction of sp³-hybridized carbons (Fsp3) is 0.100. The number of rotatable bonds is 2. The van der Waals surface area contributed by atoms with Gasteiger partial charge in [-0.15, -0.1) is 0 Å². The Morgan fingerprint density at radius 3 is 2.93 bits per heavy atom. The maximum Gasteiger partial charge on any atom is 0.104 e. The second-order valence-corrected chi connectivity index (χ2v) is 2.85. The van der Waals surface area contributed by atoms with Gasteiger partial charge in [-0.1, -0.05) is 23.4 Å². The molecule has 1 aromatic carbocycles. The summed E-state index contributed by atoms with van der Waals surface area (Å²) in [6.45, 7) is 0. The second kappa shape index (κ2) is 3.41. The van der Waals surface area contributed by atoms with E-state index in [-0.39, 0.29) is 0 Å². The molecule has 0 aliphatic rings. The summed E-state index contributed by atoms with van der Waals surface area (Å²) in [6.07, 6.45) is 1.34. The molecule has 2 rings (SSSR count). The number of para-hydroxylation sites is 1. The van der Waals surface area contributed by atoms with Crippen LogP contribution in [-0.2, 0) is 0 Å². The Morgan fingerprint density at radius 2 is 2.21 bits per heavy atom. The monoisotopic (exact) mass is 190 g/mol. The molecule has 1 N–H and O–H groups in total. The molecule has 4 heteroatoms. The van der Waals surface area contributed by atoms with Gasteiger partial charge in [0.25, 0.3) is 0 Å². The summed E-state index contributed by atoms with van der Waals surface area (Å²) in [5.74, 6) is 0. The first-order valence-corrected chi connectivity index (χ1v) is 4.19. The maximum absolute atomic E-state index is 8.47. The van der Waals surface area contributed by atoms with E-state index < -0.39 is 0 Å². The van der Waals surface area contributed by atoms with Crippen molar-refractivity contribution in [3.8, 4) is 0 Å². The van der Waals surface area contributed by atoms with E-state index in [1.807, 2.05) is 30.3 Å². The Morgan fingerprint density at radius 1 is 1.43 bits per heavy atom. The zero-order chi connectivity index (χ0) is 9.97. The molecule has 0 bridgehead atoms. The summed E-state index contributed by atoms with van der Waals surface area (Å²) in [5.41, 5.74) is 1.65. The standard InChI is InChI=1S/C10H10N2O2/c1-14-12-9(7-11-13)6-8-4-2-3-5-10(8)12/h2-7,13H,1H3/b11-7+. The quantitative estimate of drug-likeness (QED) is 0.443. The van der Waals surface area contributed by atoms with Crippen molar-refractivity contribution < 1.29 is 10.0 Å². The van der Waals surface area contributed by atoms with Crippen molar-refractivity contribution in [3.05, 3.63) is 36.0 Å². The minimum atomic E-state index is 0.705. The van der Waals surface area contributed by atoms with Crippen LogP contribution in [0.5, 0.6) is 0 Å². The molecule has 2 aromatic rings. The first-order valence-electron chi connectivity index (χ1n) is 4.19. The smallest absolute Gasteiger partial charge is 0.104 e. The third kappa shape index (κ3) is 1.21. The van der Waals surface area contributed by atoms with Crippen molar-refractivity contribution >= 4 is 17.1 Å². The average Bonchev–Trinajstić information content (AvgIpc) is 2.55. The molecular formula is C10H10N2O2. The molecule has 0 atom stereocenters. The van der Waals surface area contributed by atoms with Crippen molar-refractivity contribution in [2.45, 2.75) is 0 Å². The highest BCUT2D eigenvalue weighted by Crippen LogP contribution is 2.16. The number of aromatic nitrogens is 1. The lowest BCUT2D eigenvalue weighted by Crippen LogP contribution is -2.08. The summed E-state index contributed by atoms with van der Waals surface area (Å²) < 4.78 is 1.61. The molecular weight excluding hydrogens is 180 g/mol. The third-order valence-corrected chi connectivity index (χ3v) is 2.07. The van der Waals surface area contributed by atoms with Gasteiger partial charge >= 0.3 is 0 Å². The Balaban J connectivity index is 2.72. The Hall–Kier alpha value is -1.97. The molecule has 72 valence electrons. The molecule has 0 saturated carbocycles. The molecule has 0 aliphatic carbocycles. The van der Waals surface area contributed by atoms with E-state index >= 15 is 0 Å². The predicted octanol–water partition coefficient (Wildman–Crippen LogP) is 1.51. The molecule has 0 unspecified atom stereocenters. The van der Waals surface area contributed by atoms with Crippen molar-refractivity contribution in [2.75, 3.05) is 7.11 Å². The summed E-state index contributed by atoms with van der Waals surface area (Å²) in [4.78, 5) is 5.17. The Labute approximate surface area is 81.0 Å². The minimum Gasteiger partial charge on any atom is -0.416 e.